The van der Waals surface area contributed by atoms with Gasteiger partial charge in [-0.2, -0.15) is 0 Å². The van der Waals surface area contributed by atoms with E-state index in [2.05, 4.69) is 12.2 Å². The third-order valence-electron chi connectivity index (χ3n) is 3.37. The van der Waals surface area contributed by atoms with E-state index >= 15 is 0 Å². The Hall–Kier alpha value is -1.03. The van der Waals surface area contributed by atoms with Crippen LogP contribution in [0.15, 0.2) is 12.1 Å². The Bertz CT molecular complexity index is 406. The van der Waals surface area contributed by atoms with Crippen molar-refractivity contribution in [3.05, 3.63) is 35.1 Å². The molecule has 2 atom stereocenters. The third kappa shape index (κ3) is 3.00. The zero-order valence-electron chi connectivity index (χ0n) is 9.77. The molecule has 1 aromatic rings. The summed E-state index contributed by atoms with van der Waals surface area (Å²) in [5, 5.41) is 3.19. The highest BCUT2D eigenvalue weighted by Gasteiger charge is 2.21. The second kappa shape index (κ2) is 5.08. The first-order valence-electron chi connectivity index (χ1n) is 5.93. The van der Waals surface area contributed by atoms with Crippen molar-refractivity contribution in [2.24, 2.45) is 5.92 Å². The number of benzene rings is 1. The normalized spacial score (nSPS) is 24.2. The van der Waals surface area contributed by atoms with Gasteiger partial charge in [0.25, 0.3) is 0 Å². The summed E-state index contributed by atoms with van der Waals surface area (Å²) in [6.07, 6.45) is 3.29. The van der Waals surface area contributed by atoms with E-state index in [4.69, 9.17) is 0 Å². The van der Waals surface area contributed by atoms with Crippen molar-refractivity contribution in [3.63, 3.8) is 0 Å². The molecule has 2 unspecified atom stereocenters. The van der Waals surface area contributed by atoms with Gasteiger partial charge in [-0.05, 0) is 31.2 Å². The van der Waals surface area contributed by atoms with E-state index in [1.807, 2.05) is 0 Å². The van der Waals surface area contributed by atoms with Gasteiger partial charge in [-0.15, -0.1) is 0 Å². The molecule has 1 saturated carbocycles. The number of nitrogens with one attached hydrogen (secondary N) is 1. The van der Waals surface area contributed by atoms with Crippen LogP contribution in [0.3, 0.4) is 0 Å². The predicted molar refractivity (Wildman–Crippen MR) is 60.0 cm³/mol. The molecule has 0 radical (unpaired) electrons. The second-order valence-electron chi connectivity index (χ2n) is 4.85. The van der Waals surface area contributed by atoms with Gasteiger partial charge in [-0.1, -0.05) is 6.92 Å². The average molecular weight is 243 g/mol. The maximum Gasteiger partial charge on any atom is 0.161 e. The highest BCUT2D eigenvalue weighted by Crippen LogP contribution is 2.25. The first-order valence-corrected chi connectivity index (χ1v) is 5.93. The zero-order valence-corrected chi connectivity index (χ0v) is 9.77. The van der Waals surface area contributed by atoms with E-state index in [1.54, 1.807) is 0 Å². The largest absolute Gasteiger partial charge is 0.310 e. The van der Waals surface area contributed by atoms with Crippen LogP contribution in [0.25, 0.3) is 0 Å². The molecule has 0 aromatic heterocycles. The number of hydrogen-bond donors (Lipinski definition) is 1. The minimum absolute atomic E-state index is 0.184. The van der Waals surface area contributed by atoms with Crippen LogP contribution < -0.4 is 5.32 Å². The Labute approximate surface area is 99.0 Å². The lowest BCUT2D eigenvalue weighted by molar-refractivity contribution is 0.470. The molecule has 1 aromatic carbocycles. The molecular weight excluding hydrogens is 227 g/mol. The van der Waals surface area contributed by atoms with Gasteiger partial charge in [-0.25, -0.2) is 13.2 Å². The SMILES string of the molecule is CC1CCC(NCc2cc(F)c(F)cc2F)C1. The molecule has 2 rings (SSSR count). The van der Waals surface area contributed by atoms with Crippen LogP contribution in [0.1, 0.15) is 31.7 Å². The maximum atomic E-state index is 13.3. The predicted octanol–water partition coefficient (Wildman–Crippen LogP) is 3.38. The van der Waals surface area contributed by atoms with Gasteiger partial charge in [-0.3, -0.25) is 0 Å². The van der Waals surface area contributed by atoms with Gasteiger partial charge in [0.1, 0.15) is 5.82 Å². The van der Waals surface area contributed by atoms with Gasteiger partial charge in [0.05, 0.1) is 0 Å². The Morgan fingerprint density at radius 3 is 2.47 bits per heavy atom. The summed E-state index contributed by atoms with van der Waals surface area (Å²) >= 11 is 0. The van der Waals surface area contributed by atoms with Gasteiger partial charge < -0.3 is 5.32 Å². The van der Waals surface area contributed by atoms with Crippen molar-refractivity contribution in [1.29, 1.82) is 0 Å². The van der Waals surface area contributed by atoms with Crippen LogP contribution in [0.4, 0.5) is 13.2 Å². The van der Waals surface area contributed by atoms with Crippen LogP contribution in [-0.4, -0.2) is 6.04 Å². The first-order chi connectivity index (χ1) is 8.06. The molecular formula is C13H16F3N. The minimum atomic E-state index is -1.14. The van der Waals surface area contributed by atoms with Crippen molar-refractivity contribution in [2.45, 2.75) is 38.8 Å². The van der Waals surface area contributed by atoms with E-state index in [-0.39, 0.29) is 12.1 Å². The zero-order chi connectivity index (χ0) is 12.4. The molecule has 1 N–H and O–H groups in total. The highest BCUT2D eigenvalue weighted by atomic mass is 19.2. The summed E-state index contributed by atoms with van der Waals surface area (Å²) in [6, 6.07) is 1.89. The Kier molecular flexibility index (Phi) is 3.72. The lowest BCUT2D eigenvalue weighted by Gasteiger charge is -2.13. The van der Waals surface area contributed by atoms with Crippen molar-refractivity contribution in [1.82, 2.24) is 5.32 Å². The lowest BCUT2D eigenvalue weighted by atomic mass is 10.1. The lowest BCUT2D eigenvalue weighted by Crippen LogP contribution is -2.26. The fourth-order valence-electron chi connectivity index (χ4n) is 2.35. The fraction of sp³-hybridized carbons (Fsp3) is 0.538. The number of halogens is 3. The number of rotatable bonds is 3. The molecule has 94 valence electrons. The van der Waals surface area contributed by atoms with E-state index < -0.39 is 17.5 Å². The molecule has 0 spiro atoms. The summed E-state index contributed by atoms with van der Waals surface area (Å²) in [7, 11) is 0. The molecule has 1 nitrogen and oxygen atoms in total. The Morgan fingerprint density at radius 2 is 1.82 bits per heavy atom. The molecule has 0 bridgehead atoms. The van der Waals surface area contributed by atoms with Crippen LogP contribution in [0.2, 0.25) is 0 Å². The summed E-state index contributed by atoms with van der Waals surface area (Å²) in [6.45, 7) is 2.43. The Balaban J connectivity index is 1.97. The molecule has 0 amide bonds. The summed E-state index contributed by atoms with van der Waals surface area (Å²) in [5.41, 5.74) is 0.184. The summed E-state index contributed by atoms with van der Waals surface area (Å²) < 4.78 is 39.0. The highest BCUT2D eigenvalue weighted by molar-refractivity contribution is 5.20. The quantitative estimate of drug-likeness (QED) is 0.802. The van der Waals surface area contributed by atoms with Crippen molar-refractivity contribution in [3.8, 4) is 0 Å². The van der Waals surface area contributed by atoms with Crippen molar-refractivity contribution >= 4 is 0 Å². The third-order valence-corrected chi connectivity index (χ3v) is 3.37. The Morgan fingerprint density at radius 1 is 1.12 bits per heavy atom. The summed E-state index contributed by atoms with van der Waals surface area (Å²) in [5.74, 6) is -2.14. The molecule has 17 heavy (non-hydrogen) atoms. The molecule has 1 aliphatic carbocycles. The van der Waals surface area contributed by atoms with E-state index in [9.17, 15) is 13.2 Å². The molecule has 4 heteroatoms. The number of hydrogen-bond acceptors (Lipinski definition) is 1. The second-order valence-corrected chi connectivity index (χ2v) is 4.85. The van der Waals surface area contributed by atoms with Crippen LogP contribution >= 0.6 is 0 Å². The molecule has 1 aliphatic rings. The maximum absolute atomic E-state index is 13.3. The first kappa shape index (κ1) is 12.4. The molecule has 0 aliphatic heterocycles. The molecule has 0 saturated heterocycles. The van der Waals surface area contributed by atoms with Crippen LogP contribution in [-0.2, 0) is 6.54 Å². The van der Waals surface area contributed by atoms with E-state index in [0.29, 0.717) is 18.0 Å². The molecule has 0 heterocycles. The van der Waals surface area contributed by atoms with Crippen LogP contribution in [0, 0.1) is 23.4 Å². The van der Waals surface area contributed by atoms with Crippen molar-refractivity contribution in [2.75, 3.05) is 0 Å². The topological polar surface area (TPSA) is 12.0 Å². The van der Waals surface area contributed by atoms with Crippen LogP contribution in [0.5, 0.6) is 0 Å². The average Bonchev–Trinajstić information content (AvgIpc) is 2.68. The molecule has 1 fully saturated rings. The minimum Gasteiger partial charge on any atom is -0.310 e. The summed E-state index contributed by atoms with van der Waals surface area (Å²) in [4.78, 5) is 0. The fourth-order valence-corrected chi connectivity index (χ4v) is 2.35. The standard InChI is InChI=1S/C13H16F3N/c1-8-2-3-10(4-8)17-7-9-5-12(15)13(16)6-11(9)14/h5-6,8,10,17H,2-4,7H2,1H3. The smallest absolute Gasteiger partial charge is 0.161 e. The van der Waals surface area contributed by atoms with E-state index in [0.717, 1.165) is 25.3 Å². The monoisotopic (exact) mass is 243 g/mol. The van der Waals surface area contributed by atoms with E-state index in [1.165, 1.54) is 0 Å². The van der Waals surface area contributed by atoms with Gasteiger partial charge >= 0.3 is 0 Å². The van der Waals surface area contributed by atoms with Crippen molar-refractivity contribution < 1.29 is 13.2 Å². The van der Waals surface area contributed by atoms with Gasteiger partial charge in [0.2, 0.25) is 0 Å². The van der Waals surface area contributed by atoms with Gasteiger partial charge in [0.15, 0.2) is 11.6 Å². The van der Waals surface area contributed by atoms with Gasteiger partial charge in [0, 0.05) is 24.2 Å².